The van der Waals surface area contributed by atoms with Gasteiger partial charge in [0, 0.05) is 29.9 Å². The number of amides is 2. The summed E-state index contributed by atoms with van der Waals surface area (Å²) in [5.74, 6) is 0.663. The fraction of sp³-hybridized carbons (Fsp3) is 0.519. The topological polar surface area (TPSA) is 62.7 Å². The zero-order valence-corrected chi connectivity index (χ0v) is 20.0. The second kappa shape index (κ2) is 9.94. The van der Waals surface area contributed by atoms with Crippen molar-refractivity contribution in [2.24, 2.45) is 0 Å². The highest BCUT2D eigenvalue weighted by Crippen LogP contribution is 2.39. The van der Waals surface area contributed by atoms with Crippen molar-refractivity contribution < 1.29 is 14.3 Å². The number of rotatable bonds is 4. The quantitative estimate of drug-likeness (QED) is 0.563. The molecule has 6 heteroatoms. The van der Waals surface area contributed by atoms with Crippen molar-refractivity contribution in [1.82, 2.24) is 9.88 Å². The molecule has 0 unspecified atom stereocenters. The maximum atomic E-state index is 13.4. The van der Waals surface area contributed by atoms with E-state index >= 15 is 0 Å². The molecule has 0 N–H and O–H groups in total. The zero-order valence-electron chi connectivity index (χ0n) is 20.0. The van der Waals surface area contributed by atoms with Crippen LogP contribution < -0.4 is 4.90 Å². The molecule has 0 radical (unpaired) electrons. The highest BCUT2D eigenvalue weighted by Gasteiger charge is 2.37. The largest absolute Gasteiger partial charge is 0.443 e. The number of hydrogen-bond donors (Lipinski definition) is 0. The number of anilines is 1. The predicted octanol–water partition coefficient (Wildman–Crippen LogP) is 6.13. The summed E-state index contributed by atoms with van der Waals surface area (Å²) in [5, 5.41) is 0. The Morgan fingerprint density at radius 2 is 1.67 bits per heavy atom. The molecular weight excluding hydrogens is 414 g/mol. The highest BCUT2D eigenvalue weighted by molar-refractivity contribution is 5.95. The van der Waals surface area contributed by atoms with Crippen molar-refractivity contribution in [3.63, 3.8) is 0 Å². The van der Waals surface area contributed by atoms with Gasteiger partial charge in [-0.25, -0.2) is 9.78 Å². The summed E-state index contributed by atoms with van der Waals surface area (Å²) in [7, 11) is 0. The molecule has 2 aliphatic rings. The summed E-state index contributed by atoms with van der Waals surface area (Å²) in [6, 6.07) is 13.3. The van der Waals surface area contributed by atoms with E-state index in [4.69, 9.17) is 9.72 Å². The van der Waals surface area contributed by atoms with Crippen LogP contribution in [0.4, 0.5) is 10.6 Å². The van der Waals surface area contributed by atoms with E-state index in [9.17, 15) is 9.59 Å². The van der Waals surface area contributed by atoms with Crippen molar-refractivity contribution in [2.45, 2.75) is 83.4 Å². The number of piperidine rings is 1. The molecule has 1 saturated carbocycles. The lowest BCUT2D eigenvalue weighted by molar-refractivity contribution is 0.0563. The number of nitrogens with zero attached hydrogens (tertiary/aromatic N) is 3. The minimum atomic E-state index is -0.594. The molecule has 0 spiro atoms. The van der Waals surface area contributed by atoms with Gasteiger partial charge in [0.05, 0.1) is 6.04 Å². The molecule has 4 rings (SSSR count). The maximum absolute atomic E-state index is 13.4. The fourth-order valence-corrected chi connectivity index (χ4v) is 5.00. The van der Waals surface area contributed by atoms with Crippen LogP contribution in [0.3, 0.4) is 0 Å². The van der Waals surface area contributed by atoms with E-state index in [1.807, 2.05) is 68.1 Å². The predicted molar refractivity (Wildman–Crippen MR) is 129 cm³/mol. The smallest absolute Gasteiger partial charge is 0.416 e. The lowest BCUT2D eigenvalue weighted by atomic mass is 9.94. The Kier molecular flexibility index (Phi) is 7.01. The van der Waals surface area contributed by atoms with E-state index in [0.29, 0.717) is 17.9 Å². The van der Waals surface area contributed by atoms with Crippen LogP contribution in [0.5, 0.6) is 0 Å². The average molecular weight is 450 g/mol. The summed E-state index contributed by atoms with van der Waals surface area (Å²) < 4.78 is 5.82. The number of ether oxygens (including phenoxy) is 1. The third-order valence-corrected chi connectivity index (χ3v) is 6.47. The number of carbonyl (C=O) groups is 2. The number of pyridine rings is 1. The van der Waals surface area contributed by atoms with Crippen LogP contribution in [0, 0.1) is 0 Å². The summed E-state index contributed by atoms with van der Waals surface area (Å²) in [6.07, 6.45) is 8.30. The van der Waals surface area contributed by atoms with Crippen LogP contribution in [0.15, 0.2) is 48.7 Å². The van der Waals surface area contributed by atoms with Crippen LogP contribution in [-0.4, -0.2) is 40.1 Å². The molecule has 2 heterocycles. The third kappa shape index (κ3) is 5.37. The van der Waals surface area contributed by atoms with Crippen molar-refractivity contribution in [1.29, 1.82) is 0 Å². The molecule has 1 aliphatic carbocycles. The van der Waals surface area contributed by atoms with Crippen LogP contribution in [0.1, 0.15) is 87.7 Å². The Bertz CT molecular complexity index is 964. The minimum Gasteiger partial charge on any atom is -0.443 e. The molecule has 33 heavy (non-hydrogen) atoms. The van der Waals surface area contributed by atoms with Gasteiger partial charge in [-0.15, -0.1) is 0 Å². The van der Waals surface area contributed by atoms with Crippen LogP contribution in [-0.2, 0) is 4.74 Å². The summed E-state index contributed by atoms with van der Waals surface area (Å²) in [4.78, 5) is 35.3. The summed E-state index contributed by atoms with van der Waals surface area (Å²) >= 11 is 0. The maximum Gasteiger partial charge on any atom is 0.416 e. The fourth-order valence-electron chi connectivity index (χ4n) is 5.00. The lowest BCUT2D eigenvalue weighted by Crippen LogP contribution is -2.45. The van der Waals surface area contributed by atoms with Crippen LogP contribution in [0.2, 0.25) is 0 Å². The van der Waals surface area contributed by atoms with Crippen molar-refractivity contribution in [3.8, 4) is 0 Å². The van der Waals surface area contributed by atoms with Crippen LogP contribution in [0.25, 0.3) is 0 Å². The van der Waals surface area contributed by atoms with Gasteiger partial charge in [0.2, 0.25) is 0 Å². The monoisotopic (exact) mass is 449 g/mol. The van der Waals surface area contributed by atoms with Gasteiger partial charge in [-0.1, -0.05) is 37.1 Å². The first-order valence-electron chi connectivity index (χ1n) is 12.2. The standard InChI is InChI=1S/C27H35N3O3/c1-27(2,3)33-26(32)30(21-14-7-8-15-21)24-22(16-11-18-28-24)23-17-9-10-19-29(23)25(31)20-12-5-4-6-13-20/h4-6,11-13,16,18,21,23H,7-10,14-15,17,19H2,1-3H3/t23-/m0/s1. The van der Waals surface area contributed by atoms with Gasteiger partial charge in [-0.2, -0.15) is 0 Å². The molecule has 1 saturated heterocycles. The third-order valence-electron chi connectivity index (χ3n) is 6.47. The van der Waals surface area contributed by atoms with Gasteiger partial charge in [0.1, 0.15) is 11.4 Å². The zero-order chi connectivity index (χ0) is 23.4. The Hall–Kier alpha value is -2.89. The summed E-state index contributed by atoms with van der Waals surface area (Å²) in [6.45, 7) is 6.36. The Balaban J connectivity index is 1.72. The first-order chi connectivity index (χ1) is 15.8. The lowest BCUT2D eigenvalue weighted by Gasteiger charge is -2.39. The minimum absolute atomic E-state index is 0.0276. The number of aromatic nitrogens is 1. The second-order valence-electron chi connectivity index (χ2n) is 10.1. The van der Waals surface area contributed by atoms with E-state index in [0.717, 1.165) is 50.5 Å². The Morgan fingerprint density at radius 1 is 0.970 bits per heavy atom. The van der Waals surface area contributed by atoms with E-state index in [1.165, 1.54) is 0 Å². The number of benzene rings is 1. The Morgan fingerprint density at radius 3 is 2.36 bits per heavy atom. The number of likely N-dealkylation sites (tertiary alicyclic amines) is 1. The van der Waals surface area contributed by atoms with E-state index < -0.39 is 5.60 Å². The average Bonchev–Trinajstić information content (AvgIpc) is 3.33. The molecule has 2 fully saturated rings. The highest BCUT2D eigenvalue weighted by atomic mass is 16.6. The van der Waals surface area contributed by atoms with Gasteiger partial charge in [0.15, 0.2) is 0 Å². The van der Waals surface area contributed by atoms with Gasteiger partial charge < -0.3 is 9.64 Å². The van der Waals surface area contributed by atoms with Crippen molar-refractivity contribution >= 4 is 17.8 Å². The van der Waals surface area contributed by atoms with E-state index in [1.54, 1.807) is 11.1 Å². The molecule has 1 aromatic carbocycles. The molecule has 6 nitrogen and oxygen atoms in total. The molecule has 2 amide bonds. The molecule has 0 bridgehead atoms. The van der Waals surface area contributed by atoms with E-state index in [-0.39, 0.29) is 24.1 Å². The normalized spacial score (nSPS) is 19.4. The second-order valence-corrected chi connectivity index (χ2v) is 10.1. The van der Waals surface area contributed by atoms with E-state index in [2.05, 4.69) is 0 Å². The van der Waals surface area contributed by atoms with Crippen LogP contribution >= 0.6 is 0 Å². The molecule has 1 atom stereocenters. The molecule has 2 aromatic rings. The van der Waals surface area contributed by atoms with Gasteiger partial charge in [-0.05, 0) is 71.1 Å². The first-order valence-corrected chi connectivity index (χ1v) is 12.2. The van der Waals surface area contributed by atoms with Gasteiger partial charge in [-0.3, -0.25) is 9.69 Å². The molecule has 176 valence electrons. The first kappa shape index (κ1) is 23.3. The molecule has 1 aromatic heterocycles. The Labute approximate surface area is 196 Å². The van der Waals surface area contributed by atoms with Crippen molar-refractivity contribution in [3.05, 3.63) is 59.8 Å². The van der Waals surface area contributed by atoms with Gasteiger partial charge in [0.25, 0.3) is 5.91 Å². The number of hydrogen-bond acceptors (Lipinski definition) is 4. The molecule has 1 aliphatic heterocycles. The van der Waals surface area contributed by atoms with Crippen molar-refractivity contribution in [2.75, 3.05) is 11.4 Å². The SMILES string of the molecule is CC(C)(C)OC(=O)N(c1ncccc1[C@@H]1CCCCN1C(=O)c1ccccc1)C1CCCC1. The summed E-state index contributed by atoms with van der Waals surface area (Å²) in [5.41, 5.74) is 1.03. The number of carbonyl (C=O) groups excluding carboxylic acids is 2. The molecular formula is C27H35N3O3. The van der Waals surface area contributed by atoms with Gasteiger partial charge >= 0.3 is 6.09 Å².